The molecule has 0 radical (unpaired) electrons. The third kappa shape index (κ3) is 8.11. The largest absolute Gasteiger partial charge is 0.508 e. The summed E-state index contributed by atoms with van der Waals surface area (Å²) >= 11 is 0. The number of anilines is 1. The first-order chi connectivity index (χ1) is 17.3. The van der Waals surface area contributed by atoms with Gasteiger partial charge in [0.05, 0.1) is 13.7 Å². The maximum atomic E-state index is 13.7. The number of hydrogen-bond acceptors (Lipinski definition) is 7. The van der Waals surface area contributed by atoms with Crippen molar-refractivity contribution in [3.05, 3.63) is 53.6 Å². The van der Waals surface area contributed by atoms with E-state index < -0.39 is 48.2 Å². The lowest BCUT2D eigenvalue weighted by Gasteiger charge is -2.37. The van der Waals surface area contributed by atoms with E-state index in [1.807, 2.05) is 0 Å². The summed E-state index contributed by atoms with van der Waals surface area (Å²) in [5.41, 5.74) is 0.627. The van der Waals surface area contributed by atoms with Crippen LogP contribution in [0.3, 0.4) is 0 Å². The molecule has 0 aliphatic rings. The van der Waals surface area contributed by atoms with Gasteiger partial charge >= 0.3 is 6.09 Å². The normalized spacial score (nSPS) is 12.9. The number of aryl methyl sites for hydroxylation is 1. The second kappa shape index (κ2) is 12.4. The quantitative estimate of drug-likeness (QED) is 0.401. The van der Waals surface area contributed by atoms with E-state index in [0.29, 0.717) is 22.6 Å². The summed E-state index contributed by atoms with van der Waals surface area (Å²) < 4.78 is 10.4. The molecule has 0 bridgehead atoms. The first-order valence-electron chi connectivity index (χ1n) is 11.9. The highest BCUT2D eigenvalue weighted by Crippen LogP contribution is 2.30. The van der Waals surface area contributed by atoms with Gasteiger partial charge < -0.3 is 35.2 Å². The second-order valence-corrected chi connectivity index (χ2v) is 9.89. The summed E-state index contributed by atoms with van der Waals surface area (Å²) in [6, 6.07) is 8.31. The van der Waals surface area contributed by atoms with Gasteiger partial charge in [-0.15, -0.1) is 0 Å². The van der Waals surface area contributed by atoms with Crippen LogP contribution in [0.5, 0.6) is 11.5 Å². The van der Waals surface area contributed by atoms with Gasteiger partial charge in [-0.25, -0.2) is 4.79 Å². The third-order valence-electron chi connectivity index (χ3n) is 5.40. The van der Waals surface area contributed by atoms with Gasteiger partial charge in [-0.3, -0.25) is 9.59 Å². The van der Waals surface area contributed by atoms with Crippen LogP contribution in [0.25, 0.3) is 0 Å². The Labute approximate surface area is 217 Å². The predicted molar refractivity (Wildman–Crippen MR) is 139 cm³/mol. The van der Waals surface area contributed by atoms with Gasteiger partial charge in [0.1, 0.15) is 29.2 Å². The number of methoxy groups -OCH3 is 1. The topological polar surface area (TPSA) is 137 Å². The van der Waals surface area contributed by atoms with Crippen LogP contribution in [0.2, 0.25) is 0 Å². The van der Waals surface area contributed by atoms with Crippen molar-refractivity contribution in [2.24, 2.45) is 0 Å². The molecule has 2 unspecified atom stereocenters. The lowest BCUT2D eigenvalue weighted by atomic mass is 9.99. The number of phenolic OH excluding ortho intramolecular Hbond substituents is 1. The molecule has 10 heteroatoms. The fourth-order valence-corrected chi connectivity index (χ4v) is 3.67. The summed E-state index contributed by atoms with van der Waals surface area (Å²) in [6.07, 6.45) is -0.872. The minimum absolute atomic E-state index is 0.0420. The average molecular weight is 516 g/mol. The number of carbonyl (C=O) groups is 3. The van der Waals surface area contributed by atoms with E-state index in [0.717, 1.165) is 0 Å². The van der Waals surface area contributed by atoms with Crippen molar-refractivity contribution in [2.75, 3.05) is 19.0 Å². The van der Waals surface area contributed by atoms with Gasteiger partial charge in [-0.05, 0) is 89.1 Å². The maximum Gasteiger partial charge on any atom is 0.408 e. The van der Waals surface area contributed by atoms with E-state index in [9.17, 15) is 24.6 Å². The Bertz CT molecular complexity index is 1090. The lowest BCUT2D eigenvalue weighted by molar-refractivity contribution is -0.143. The van der Waals surface area contributed by atoms with Gasteiger partial charge in [-0.1, -0.05) is 6.07 Å². The molecule has 2 aromatic rings. The molecule has 2 rings (SSSR count). The summed E-state index contributed by atoms with van der Waals surface area (Å²) in [6.45, 7) is 9.45. The van der Waals surface area contributed by atoms with Crippen LogP contribution in [0.4, 0.5) is 10.5 Å². The van der Waals surface area contributed by atoms with E-state index in [-0.39, 0.29) is 5.75 Å². The second-order valence-electron chi connectivity index (χ2n) is 9.89. The Morgan fingerprint density at radius 1 is 1.05 bits per heavy atom. The molecule has 202 valence electrons. The molecule has 0 aliphatic heterocycles. The number of carbonyl (C=O) groups excluding carboxylic acids is 3. The number of aliphatic hydroxyl groups excluding tert-OH is 1. The molecule has 0 spiro atoms. The molecule has 10 nitrogen and oxygen atoms in total. The number of ether oxygens (including phenoxy) is 2. The first kappa shape index (κ1) is 29.4. The Kier molecular flexibility index (Phi) is 9.90. The zero-order valence-electron chi connectivity index (χ0n) is 22.4. The Balaban J connectivity index is 2.48. The van der Waals surface area contributed by atoms with Gasteiger partial charge in [-0.2, -0.15) is 0 Å². The van der Waals surface area contributed by atoms with Crippen molar-refractivity contribution >= 4 is 23.6 Å². The lowest BCUT2D eigenvalue weighted by Crippen LogP contribution is -2.55. The summed E-state index contributed by atoms with van der Waals surface area (Å²) in [5, 5.41) is 25.2. The van der Waals surface area contributed by atoms with Crippen LogP contribution >= 0.6 is 0 Å². The van der Waals surface area contributed by atoms with Crippen LogP contribution in [0.1, 0.15) is 51.8 Å². The third-order valence-corrected chi connectivity index (χ3v) is 5.40. The van der Waals surface area contributed by atoms with E-state index in [1.54, 1.807) is 77.9 Å². The van der Waals surface area contributed by atoms with Crippen molar-refractivity contribution in [2.45, 2.75) is 65.3 Å². The number of aromatic hydroxyl groups is 1. The van der Waals surface area contributed by atoms with E-state index >= 15 is 0 Å². The van der Waals surface area contributed by atoms with Crippen molar-refractivity contribution in [1.82, 2.24) is 10.2 Å². The van der Waals surface area contributed by atoms with E-state index in [2.05, 4.69) is 10.6 Å². The fraction of sp³-hybridized carbons (Fsp3) is 0.444. The molecule has 2 aromatic carbocycles. The van der Waals surface area contributed by atoms with Crippen molar-refractivity contribution in [3.8, 4) is 11.5 Å². The minimum Gasteiger partial charge on any atom is -0.508 e. The fourth-order valence-electron chi connectivity index (χ4n) is 3.67. The number of phenols is 1. The van der Waals surface area contributed by atoms with Crippen molar-refractivity contribution < 1.29 is 34.1 Å². The molecule has 3 amide bonds. The predicted octanol–water partition coefficient (Wildman–Crippen LogP) is 3.51. The Hall–Kier alpha value is -3.79. The molecule has 0 aromatic heterocycles. The molecule has 0 aliphatic carbocycles. The maximum absolute atomic E-state index is 13.7. The molecule has 37 heavy (non-hydrogen) atoms. The van der Waals surface area contributed by atoms with Crippen molar-refractivity contribution in [1.29, 1.82) is 0 Å². The van der Waals surface area contributed by atoms with Crippen molar-refractivity contribution in [3.63, 3.8) is 0 Å². The minimum atomic E-state index is -1.35. The molecule has 0 saturated heterocycles. The average Bonchev–Trinajstić information content (AvgIpc) is 2.81. The smallest absolute Gasteiger partial charge is 0.408 e. The molecular formula is C27H37N3O7. The Morgan fingerprint density at radius 3 is 2.16 bits per heavy atom. The number of rotatable bonds is 9. The highest BCUT2D eigenvalue weighted by Gasteiger charge is 2.38. The summed E-state index contributed by atoms with van der Waals surface area (Å²) in [7, 11) is 1.53. The van der Waals surface area contributed by atoms with Crippen LogP contribution < -0.4 is 15.4 Å². The first-order valence-corrected chi connectivity index (χ1v) is 11.9. The number of nitrogens with zero attached hydrogens (tertiary/aromatic N) is 1. The van der Waals surface area contributed by atoms with Crippen LogP contribution in [0.15, 0.2) is 42.5 Å². The summed E-state index contributed by atoms with van der Waals surface area (Å²) in [4.78, 5) is 41.0. The van der Waals surface area contributed by atoms with Gasteiger partial charge in [0, 0.05) is 11.7 Å². The summed E-state index contributed by atoms with van der Waals surface area (Å²) in [5.74, 6) is -0.544. The van der Waals surface area contributed by atoms with E-state index in [4.69, 9.17) is 9.47 Å². The zero-order valence-corrected chi connectivity index (χ0v) is 22.4. The standard InChI is InChI=1S/C27H37N3O7/c1-16(2)30(25(34)21(15-31)29-26(35)37-27(4,5)6)23(18-8-13-22(32)17(3)14-18)24(33)28-19-9-11-20(36-7)12-10-19/h8-14,16,21,23,31-32H,15H2,1-7H3,(H,28,33)(H,29,35). The molecule has 0 fully saturated rings. The number of benzene rings is 2. The van der Waals surface area contributed by atoms with Gasteiger partial charge in [0.25, 0.3) is 5.91 Å². The number of aliphatic hydroxyl groups is 1. The molecule has 2 atom stereocenters. The molecule has 0 saturated carbocycles. The van der Waals surface area contributed by atoms with Crippen LogP contribution in [-0.2, 0) is 14.3 Å². The number of amides is 3. The number of hydrogen-bond donors (Lipinski definition) is 4. The van der Waals surface area contributed by atoms with Gasteiger partial charge in [0.15, 0.2) is 0 Å². The molecular weight excluding hydrogens is 478 g/mol. The monoisotopic (exact) mass is 515 g/mol. The zero-order chi connectivity index (χ0) is 27.9. The Morgan fingerprint density at radius 2 is 1.68 bits per heavy atom. The number of nitrogens with one attached hydrogen (secondary N) is 2. The highest BCUT2D eigenvalue weighted by molar-refractivity contribution is 5.99. The SMILES string of the molecule is COc1ccc(NC(=O)C(c2ccc(O)c(C)c2)N(C(=O)C(CO)NC(=O)OC(C)(C)C)C(C)C)cc1. The number of alkyl carbamates (subject to hydrolysis) is 1. The molecule has 0 heterocycles. The van der Waals surface area contributed by atoms with Crippen LogP contribution in [-0.4, -0.2) is 64.4 Å². The van der Waals surface area contributed by atoms with E-state index in [1.165, 1.54) is 18.1 Å². The molecule has 4 N–H and O–H groups in total. The highest BCUT2D eigenvalue weighted by atomic mass is 16.6. The van der Waals surface area contributed by atoms with Crippen LogP contribution in [0, 0.1) is 6.92 Å². The van der Waals surface area contributed by atoms with Gasteiger partial charge in [0.2, 0.25) is 5.91 Å².